The normalized spacial score (nSPS) is 26.9. The second-order valence-corrected chi connectivity index (χ2v) is 2.63. The number of amidine groups is 1. The lowest BCUT2D eigenvalue weighted by Gasteiger charge is -2.17. The molecule has 4 heteroatoms. The Hall–Kier alpha value is -0.220. The summed E-state index contributed by atoms with van der Waals surface area (Å²) in [6.45, 7) is 0.740. The van der Waals surface area contributed by atoms with Gasteiger partial charge in [-0.1, -0.05) is 11.8 Å². The van der Waals surface area contributed by atoms with E-state index in [0.717, 1.165) is 18.1 Å². The number of thioether (sulfide) groups is 1. The van der Waals surface area contributed by atoms with Crippen LogP contribution in [0.4, 0.5) is 0 Å². The van der Waals surface area contributed by atoms with Gasteiger partial charge in [0.15, 0.2) is 5.17 Å². The van der Waals surface area contributed by atoms with Crippen LogP contribution in [0.5, 0.6) is 0 Å². The van der Waals surface area contributed by atoms with Crippen LogP contribution in [0.15, 0.2) is 4.99 Å². The standard InChI is InChI=1S/C5H10N2OS/c1-9-5-6-3-2-4(8)7-5/h4,8H,2-3H2,1H3,(H,6,7). The van der Waals surface area contributed by atoms with Crippen LogP contribution in [-0.2, 0) is 0 Å². The molecule has 3 nitrogen and oxygen atoms in total. The molecule has 1 atom stereocenters. The number of aliphatic hydroxyl groups excluding tert-OH is 1. The van der Waals surface area contributed by atoms with Crippen LogP contribution in [0.3, 0.4) is 0 Å². The lowest BCUT2D eigenvalue weighted by Crippen LogP contribution is -2.36. The Morgan fingerprint density at radius 1 is 1.89 bits per heavy atom. The summed E-state index contributed by atoms with van der Waals surface area (Å²) in [5.74, 6) is 0. The lowest BCUT2D eigenvalue weighted by molar-refractivity contribution is 0.149. The van der Waals surface area contributed by atoms with Crippen molar-refractivity contribution in [2.24, 2.45) is 4.99 Å². The van der Waals surface area contributed by atoms with Gasteiger partial charge in [0.1, 0.15) is 6.23 Å². The Kier molecular flexibility index (Phi) is 2.36. The fourth-order valence-corrected chi connectivity index (χ4v) is 1.15. The molecule has 1 rings (SSSR count). The molecule has 1 aliphatic rings. The van der Waals surface area contributed by atoms with Crippen LogP contribution in [0.2, 0.25) is 0 Å². The van der Waals surface area contributed by atoms with E-state index in [1.54, 1.807) is 0 Å². The van der Waals surface area contributed by atoms with E-state index in [1.165, 1.54) is 11.8 Å². The molecule has 0 aromatic heterocycles. The smallest absolute Gasteiger partial charge is 0.158 e. The Labute approximate surface area is 58.6 Å². The summed E-state index contributed by atoms with van der Waals surface area (Å²) in [6.07, 6.45) is 2.28. The largest absolute Gasteiger partial charge is 0.374 e. The van der Waals surface area contributed by atoms with Gasteiger partial charge in [0.2, 0.25) is 0 Å². The molecule has 0 fully saturated rings. The number of nitrogens with one attached hydrogen (secondary N) is 1. The highest BCUT2D eigenvalue weighted by molar-refractivity contribution is 8.13. The highest BCUT2D eigenvalue weighted by Crippen LogP contribution is 2.03. The van der Waals surface area contributed by atoms with Gasteiger partial charge in [-0.2, -0.15) is 0 Å². The van der Waals surface area contributed by atoms with E-state index in [9.17, 15) is 0 Å². The number of nitrogens with zero attached hydrogens (tertiary/aromatic N) is 1. The first-order valence-electron chi connectivity index (χ1n) is 2.86. The highest BCUT2D eigenvalue weighted by atomic mass is 32.2. The van der Waals surface area contributed by atoms with Crippen LogP contribution in [-0.4, -0.2) is 29.3 Å². The summed E-state index contributed by atoms with van der Waals surface area (Å²) in [7, 11) is 0. The average molecular weight is 146 g/mol. The summed E-state index contributed by atoms with van der Waals surface area (Å²) in [5, 5.41) is 12.7. The van der Waals surface area contributed by atoms with Gasteiger partial charge >= 0.3 is 0 Å². The van der Waals surface area contributed by atoms with Crippen molar-refractivity contribution < 1.29 is 5.11 Å². The van der Waals surface area contributed by atoms with Gasteiger partial charge in [-0.05, 0) is 6.26 Å². The van der Waals surface area contributed by atoms with Gasteiger partial charge in [0.05, 0.1) is 0 Å². The molecule has 2 N–H and O–H groups in total. The van der Waals surface area contributed by atoms with E-state index in [0.29, 0.717) is 0 Å². The van der Waals surface area contributed by atoms with E-state index >= 15 is 0 Å². The van der Waals surface area contributed by atoms with Crippen molar-refractivity contribution in [1.82, 2.24) is 5.32 Å². The molecule has 1 aliphatic heterocycles. The molecule has 1 unspecified atom stereocenters. The predicted octanol–water partition coefficient (Wildman–Crippen LogP) is 0.0171. The summed E-state index contributed by atoms with van der Waals surface area (Å²) < 4.78 is 0. The van der Waals surface area contributed by atoms with Crippen molar-refractivity contribution in [3.63, 3.8) is 0 Å². The Morgan fingerprint density at radius 3 is 3.11 bits per heavy atom. The topological polar surface area (TPSA) is 44.6 Å². The van der Waals surface area contributed by atoms with Gasteiger partial charge in [-0.3, -0.25) is 4.99 Å². The number of hydrogen-bond acceptors (Lipinski definition) is 4. The first-order chi connectivity index (χ1) is 4.33. The van der Waals surface area contributed by atoms with Gasteiger partial charge in [0, 0.05) is 13.0 Å². The predicted molar refractivity (Wildman–Crippen MR) is 39.6 cm³/mol. The van der Waals surface area contributed by atoms with E-state index in [2.05, 4.69) is 10.3 Å². The maximum atomic E-state index is 9.01. The third-order valence-corrected chi connectivity index (χ3v) is 1.78. The van der Waals surface area contributed by atoms with Crippen LogP contribution in [0.1, 0.15) is 6.42 Å². The molecule has 0 aromatic carbocycles. The van der Waals surface area contributed by atoms with Crippen molar-refractivity contribution in [1.29, 1.82) is 0 Å². The van der Waals surface area contributed by atoms with Crippen molar-refractivity contribution in [3.05, 3.63) is 0 Å². The zero-order valence-electron chi connectivity index (χ0n) is 5.29. The average Bonchev–Trinajstić information content (AvgIpc) is 1.88. The summed E-state index contributed by atoms with van der Waals surface area (Å²) >= 11 is 1.53. The zero-order chi connectivity index (χ0) is 6.69. The van der Waals surface area contributed by atoms with E-state index in [1.807, 2.05) is 6.26 Å². The third-order valence-electron chi connectivity index (χ3n) is 1.14. The summed E-state index contributed by atoms with van der Waals surface area (Å²) in [5.41, 5.74) is 0. The molecule has 0 aliphatic carbocycles. The van der Waals surface area contributed by atoms with Gasteiger partial charge in [-0.15, -0.1) is 0 Å². The number of rotatable bonds is 0. The first-order valence-corrected chi connectivity index (χ1v) is 4.08. The highest BCUT2D eigenvalue weighted by Gasteiger charge is 2.09. The van der Waals surface area contributed by atoms with Crippen molar-refractivity contribution in [2.75, 3.05) is 12.8 Å². The molecule has 0 aromatic rings. The molecule has 0 amide bonds. The van der Waals surface area contributed by atoms with E-state index in [4.69, 9.17) is 5.11 Å². The van der Waals surface area contributed by atoms with Crippen LogP contribution in [0, 0.1) is 0 Å². The van der Waals surface area contributed by atoms with Crippen molar-refractivity contribution in [3.8, 4) is 0 Å². The fourth-order valence-electron chi connectivity index (χ4n) is 0.672. The second kappa shape index (κ2) is 3.08. The molecule has 9 heavy (non-hydrogen) atoms. The summed E-state index contributed by atoms with van der Waals surface area (Å²) in [4.78, 5) is 4.11. The third kappa shape index (κ3) is 1.87. The maximum absolute atomic E-state index is 9.01. The quantitative estimate of drug-likeness (QED) is 0.506. The minimum absolute atomic E-state index is 0.384. The Balaban J connectivity index is 2.43. The number of hydrogen-bond donors (Lipinski definition) is 2. The summed E-state index contributed by atoms with van der Waals surface area (Å²) in [6, 6.07) is 0. The fraction of sp³-hybridized carbons (Fsp3) is 0.800. The minimum Gasteiger partial charge on any atom is -0.374 e. The van der Waals surface area contributed by atoms with Gasteiger partial charge < -0.3 is 10.4 Å². The Morgan fingerprint density at radius 2 is 2.67 bits per heavy atom. The minimum atomic E-state index is -0.384. The maximum Gasteiger partial charge on any atom is 0.158 e. The van der Waals surface area contributed by atoms with E-state index < -0.39 is 0 Å². The second-order valence-electron chi connectivity index (χ2n) is 1.84. The monoisotopic (exact) mass is 146 g/mol. The Bertz CT molecular complexity index is 126. The molecule has 52 valence electrons. The SMILES string of the molecule is CSC1=NCCC(O)N1. The zero-order valence-corrected chi connectivity index (χ0v) is 6.11. The molecule has 1 heterocycles. The van der Waals surface area contributed by atoms with Crippen molar-refractivity contribution in [2.45, 2.75) is 12.6 Å². The molecule has 0 bridgehead atoms. The number of aliphatic hydroxyl groups is 1. The first kappa shape index (κ1) is 6.89. The van der Waals surface area contributed by atoms with Gasteiger partial charge in [-0.25, -0.2) is 0 Å². The molecule has 0 saturated carbocycles. The molecule has 0 spiro atoms. The van der Waals surface area contributed by atoms with E-state index in [-0.39, 0.29) is 6.23 Å². The van der Waals surface area contributed by atoms with Gasteiger partial charge in [0.25, 0.3) is 0 Å². The van der Waals surface area contributed by atoms with Crippen LogP contribution >= 0.6 is 11.8 Å². The van der Waals surface area contributed by atoms with Crippen LogP contribution in [0.25, 0.3) is 0 Å². The molecule has 0 saturated heterocycles. The number of aliphatic imine (C=N–C) groups is 1. The lowest BCUT2D eigenvalue weighted by atomic mass is 10.3. The van der Waals surface area contributed by atoms with Crippen molar-refractivity contribution >= 4 is 16.9 Å². The molecule has 0 radical (unpaired) electrons. The molecular weight excluding hydrogens is 136 g/mol. The molecular formula is C5H10N2OS. The van der Waals surface area contributed by atoms with Crippen LogP contribution < -0.4 is 5.32 Å².